The number of halogens is 1. The smallest absolute Gasteiger partial charge is 0.326 e. The summed E-state index contributed by atoms with van der Waals surface area (Å²) in [5.41, 5.74) is 0.296. The van der Waals surface area contributed by atoms with E-state index in [-0.39, 0.29) is 28.6 Å². The molecule has 0 radical (unpaired) electrons. The van der Waals surface area contributed by atoms with Crippen LogP contribution in [0.3, 0.4) is 0 Å². The van der Waals surface area contributed by atoms with Crippen molar-refractivity contribution in [1.82, 2.24) is 9.88 Å². The molecule has 1 aliphatic heterocycles. The molecule has 1 saturated carbocycles. The molecule has 124 valence electrons. The fourth-order valence-corrected chi connectivity index (χ4v) is 4.00. The lowest BCUT2D eigenvalue weighted by molar-refractivity contribution is -0.142. The van der Waals surface area contributed by atoms with E-state index in [1.165, 1.54) is 17.2 Å². The number of nitrogens with zero attached hydrogens (tertiary/aromatic N) is 2. The van der Waals surface area contributed by atoms with Crippen LogP contribution in [0.15, 0.2) is 12.3 Å². The number of pyridine rings is 1. The summed E-state index contributed by atoms with van der Waals surface area (Å²) in [6.45, 7) is 2.74. The Hall–Kier alpha value is -1.82. The summed E-state index contributed by atoms with van der Waals surface area (Å²) in [5, 5.41) is 9.79. The van der Waals surface area contributed by atoms with Crippen molar-refractivity contribution in [3.63, 3.8) is 0 Å². The van der Waals surface area contributed by atoms with E-state index in [9.17, 15) is 14.7 Å². The van der Waals surface area contributed by atoms with E-state index in [4.69, 9.17) is 16.3 Å². The molecule has 0 unspecified atom stereocenters. The molecule has 0 aromatic carbocycles. The predicted octanol–water partition coefficient (Wildman–Crippen LogP) is 2.46. The highest BCUT2D eigenvalue weighted by Gasteiger charge is 2.49. The molecule has 3 rings (SSSR count). The average molecular weight is 339 g/mol. The van der Waals surface area contributed by atoms with Crippen LogP contribution in [-0.2, 0) is 4.79 Å². The summed E-state index contributed by atoms with van der Waals surface area (Å²) in [4.78, 5) is 29.9. The van der Waals surface area contributed by atoms with Gasteiger partial charge in [0, 0.05) is 12.7 Å². The number of hydrogen-bond acceptors (Lipinski definition) is 4. The number of hydrogen-bond donors (Lipinski definition) is 1. The summed E-state index contributed by atoms with van der Waals surface area (Å²) in [5.74, 6) is -0.644. The zero-order chi connectivity index (χ0) is 16.6. The van der Waals surface area contributed by atoms with Crippen LogP contribution in [0.4, 0.5) is 0 Å². The maximum atomic E-state index is 12.7. The van der Waals surface area contributed by atoms with Crippen molar-refractivity contribution in [1.29, 1.82) is 0 Å². The highest BCUT2D eigenvalue weighted by molar-refractivity contribution is 6.32. The van der Waals surface area contributed by atoms with E-state index in [1.54, 1.807) is 0 Å². The molecule has 2 fully saturated rings. The quantitative estimate of drug-likeness (QED) is 0.912. The van der Waals surface area contributed by atoms with Crippen molar-refractivity contribution in [2.24, 2.45) is 11.8 Å². The summed E-state index contributed by atoms with van der Waals surface area (Å²) in [6.07, 6.45) is 4.29. The first kappa shape index (κ1) is 16.1. The van der Waals surface area contributed by atoms with Crippen LogP contribution in [0, 0.1) is 11.8 Å². The molecule has 23 heavy (non-hydrogen) atoms. The average Bonchev–Trinajstić information content (AvgIpc) is 3.08. The zero-order valence-electron chi connectivity index (χ0n) is 12.9. The van der Waals surface area contributed by atoms with Gasteiger partial charge in [-0.25, -0.2) is 9.78 Å². The van der Waals surface area contributed by atoms with Crippen molar-refractivity contribution in [2.45, 2.75) is 32.2 Å². The number of aliphatic carboxylic acids is 1. The zero-order valence-corrected chi connectivity index (χ0v) is 13.6. The molecule has 1 aliphatic carbocycles. The predicted molar refractivity (Wildman–Crippen MR) is 83.7 cm³/mol. The third-order valence-electron chi connectivity index (χ3n) is 4.74. The van der Waals surface area contributed by atoms with E-state index in [0.29, 0.717) is 18.7 Å². The van der Waals surface area contributed by atoms with Gasteiger partial charge in [0.2, 0.25) is 5.88 Å². The maximum absolute atomic E-state index is 12.7. The van der Waals surface area contributed by atoms with Gasteiger partial charge in [-0.3, -0.25) is 4.79 Å². The Balaban J connectivity index is 1.85. The molecule has 0 spiro atoms. The van der Waals surface area contributed by atoms with Gasteiger partial charge in [0.15, 0.2) is 0 Å². The minimum atomic E-state index is -0.933. The van der Waals surface area contributed by atoms with Crippen LogP contribution in [0.25, 0.3) is 0 Å². The lowest BCUT2D eigenvalue weighted by Crippen LogP contribution is -2.43. The fourth-order valence-electron chi connectivity index (χ4n) is 3.78. The Bertz CT molecular complexity index is 637. The number of ether oxygens (including phenoxy) is 1. The van der Waals surface area contributed by atoms with Crippen molar-refractivity contribution in [3.05, 3.63) is 22.8 Å². The number of carbonyl (C=O) groups is 2. The van der Waals surface area contributed by atoms with Crippen LogP contribution in [0.2, 0.25) is 5.02 Å². The summed E-state index contributed by atoms with van der Waals surface area (Å²) in [7, 11) is 0. The van der Waals surface area contributed by atoms with Crippen molar-refractivity contribution in [3.8, 4) is 5.88 Å². The minimum absolute atomic E-state index is 0.0579. The van der Waals surface area contributed by atoms with Crippen molar-refractivity contribution < 1.29 is 19.4 Å². The van der Waals surface area contributed by atoms with Gasteiger partial charge in [0.1, 0.15) is 11.1 Å². The monoisotopic (exact) mass is 338 g/mol. The number of likely N-dealkylation sites (tertiary alicyclic amines) is 1. The molecule has 7 heteroatoms. The Morgan fingerprint density at radius 2 is 2.26 bits per heavy atom. The standard InChI is InChI=1S/C16H19ClN2O4/c1-2-23-14-12(17)6-10(7-18-14)15(20)19-8-9-4-3-5-11(9)13(19)16(21)22/h6-7,9,11,13H,2-5,8H2,1H3,(H,21,22)/t9-,11-,13+/m0/s1. The normalized spacial score (nSPS) is 26.2. The Kier molecular flexibility index (Phi) is 4.43. The van der Waals surface area contributed by atoms with Gasteiger partial charge in [-0.05, 0) is 37.7 Å². The summed E-state index contributed by atoms with van der Waals surface area (Å²) in [6, 6.07) is 0.745. The number of aromatic nitrogens is 1. The molecule has 1 amide bonds. The van der Waals surface area contributed by atoms with Crippen LogP contribution >= 0.6 is 11.6 Å². The highest BCUT2D eigenvalue weighted by atomic mass is 35.5. The van der Waals surface area contributed by atoms with Crippen LogP contribution in [-0.4, -0.2) is 46.1 Å². The summed E-state index contributed by atoms with van der Waals surface area (Å²) < 4.78 is 5.25. The maximum Gasteiger partial charge on any atom is 0.326 e. The van der Waals surface area contributed by atoms with Crippen LogP contribution < -0.4 is 4.74 Å². The van der Waals surface area contributed by atoms with E-state index >= 15 is 0 Å². The first-order valence-electron chi connectivity index (χ1n) is 7.85. The largest absolute Gasteiger partial charge is 0.480 e. The first-order chi connectivity index (χ1) is 11.0. The number of carboxylic acids is 1. The van der Waals surface area contributed by atoms with E-state index < -0.39 is 12.0 Å². The Morgan fingerprint density at radius 1 is 1.48 bits per heavy atom. The van der Waals surface area contributed by atoms with Gasteiger partial charge in [0.25, 0.3) is 5.91 Å². The number of carbonyl (C=O) groups excluding carboxylic acids is 1. The van der Waals surface area contributed by atoms with E-state index in [0.717, 1.165) is 19.3 Å². The highest BCUT2D eigenvalue weighted by Crippen LogP contribution is 2.42. The lowest BCUT2D eigenvalue weighted by Gasteiger charge is -2.24. The van der Waals surface area contributed by atoms with Gasteiger partial charge < -0.3 is 14.7 Å². The van der Waals surface area contributed by atoms with Gasteiger partial charge in [-0.1, -0.05) is 18.0 Å². The molecular formula is C16H19ClN2O4. The van der Waals surface area contributed by atoms with Gasteiger partial charge in [-0.15, -0.1) is 0 Å². The molecule has 1 N–H and O–H groups in total. The fraction of sp³-hybridized carbons (Fsp3) is 0.562. The van der Waals surface area contributed by atoms with Crippen LogP contribution in [0.5, 0.6) is 5.88 Å². The lowest BCUT2D eigenvalue weighted by atomic mass is 9.94. The van der Waals surface area contributed by atoms with Crippen molar-refractivity contribution >= 4 is 23.5 Å². The van der Waals surface area contributed by atoms with Gasteiger partial charge >= 0.3 is 5.97 Å². The van der Waals surface area contributed by atoms with Gasteiger partial charge in [0.05, 0.1) is 12.2 Å². The third kappa shape index (κ3) is 2.87. The third-order valence-corrected chi connectivity index (χ3v) is 5.01. The number of rotatable bonds is 4. The summed E-state index contributed by atoms with van der Waals surface area (Å²) >= 11 is 6.08. The topological polar surface area (TPSA) is 79.7 Å². The van der Waals surface area contributed by atoms with Crippen LogP contribution in [0.1, 0.15) is 36.5 Å². The second-order valence-electron chi connectivity index (χ2n) is 6.04. The minimum Gasteiger partial charge on any atom is -0.480 e. The number of fused-ring (bicyclic) bond motifs is 1. The Labute approximate surface area is 139 Å². The van der Waals surface area contributed by atoms with Gasteiger partial charge in [-0.2, -0.15) is 0 Å². The SMILES string of the molecule is CCOc1ncc(C(=O)N2C[C@@H]3CCC[C@@H]3[C@@H]2C(=O)O)cc1Cl. The second-order valence-corrected chi connectivity index (χ2v) is 6.45. The molecule has 3 atom stereocenters. The van der Waals surface area contributed by atoms with E-state index in [1.807, 2.05) is 6.92 Å². The molecule has 1 saturated heterocycles. The molecule has 6 nitrogen and oxygen atoms in total. The molecular weight excluding hydrogens is 320 g/mol. The Morgan fingerprint density at radius 3 is 2.91 bits per heavy atom. The number of amides is 1. The molecule has 2 heterocycles. The molecule has 0 bridgehead atoms. The van der Waals surface area contributed by atoms with Crippen molar-refractivity contribution in [2.75, 3.05) is 13.2 Å². The second kappa shape index (κ2) is 6.35. The number of carboxylic acid groups (broad SMARTS) is 1. The molecule has 2 aliphatic rings. The molecule has 1 aromatic rings. The molecule has 1 aromatic heterocycles. The van der Waals surface area contributed by atoms with E-state index in [2.05, 4.69) is 4.98 Å². The first-order valence-corrected chi connectivity index (χ1v) is 8.22.